The van der Waals surface area contributed by atoms with Crippen LogP contribution in [0.25, 0.3) is 0 Å². The van der Waals surface area contributed by atoms with Gasteiger partial charge in [0, 0.05) is 28.9 Å². The van der Waals surface area contributed by atoms with Crippen LogP contribution in [-0.2, 0) is 14.9 Å². The van der Waals surface area contributed by atoms with Crippen LogP contribution >= 0.6 is 34.8 Å². The van der Waals surface area contributed by atoms with Gasteiger partial charge in [0.1, 0.15) is 17.5 Å². The van der Waals surface area contributed by atoms with Gasteiger partial charge in [0.15, 0.2) is 0 Å². The lowest BCUT2D eigenvalue weighted by Crippen LogP contribution is -2.50. The van der Waals surface area contributed by atoms with Crippen molar-refractivity contribution in [1.29, 1.82) is 0 Å². The first-order chi connectivity index (χ1) is 16.1. The van der Waals surface area contributed by atoms with Crippen molar-refractivity contribution in [2.45, 2.75) is 77.0 Å². The number of nitrogens with two attached hydrogens (primary N) is 1. The highest BCUT2D eigenvalue weighted by atomic mass is 35.5. The third-order valence-corrected chi connectivity index (χ3v) is 7.52. The van der Waals surface area contributed by atoms with Crippen molar-refractivity contribution in [3.05, 3.63) is 68.4 Å². The standard InChI is InChI=1S/C27H34Cl3FN2O2/c1-25(2,3)13-20-27(14-32,17-12-15(28)10-11-19(17)31)21(16-8-7-9-18(29)22(16)30)23(33-20)24(34)35-26(4,5)6/h7-12,20-21,23,33H,13-14,32H2,1-6H3/t20-,21-,23+,27-/m0/s1. The minimum absolute atomic E-state index is 0.0326. The van der Waals surface area contributed by atoms with E-state index in [-0.39, 0.29) is 12.0 Å². The highest BCUT2D eigenvalue weighted by molar-refractivity contribution is 6.42. The van der Waals surface area contributed by atoms with Crippen LogP contribution in [0.15, 0.2) is 36.4 Å². The van der Waals surface area contributed by atoms with Crippen molar-refractivity contribution in [3.8, 4) is 0 Å². The molecule has 3 N–H and O–H groups in total. The molecule has 0 bridgehead atoms. The van der Waals surface area contributed by atoms with Gasteiger partial charge in [-0.1, -0.05) is 67.7 Å². The van der Waals surface area contributed by atoms with E-state index in [1.54, 1.807) is 39.0 Å². The molecule has 0 radical (unpaired) electrons. The third kappa shape index (κ3) is 5.80. The largest absolute Gasteiger partial charge is 0.459 e. The summed E-state index contributed by atoms with van der Waals surface area (Å²) < 4.78 is 21.4. The monoisotopic (exact) mass is 542 g/mol. The second kappa shape index (κ2) is 10.2. The van der Waals surface area contributed by atoms with E-state index in [0.717, 1.165) is 0 Å². The van der Waals surface area contributed by atoms with Gasteiger partial charge in [-0.2, -0.15) is 0 Å². The number of carbonyl (C=O) groups is 1. The van der Waals surface area contributed by atoms with Crippen LogP contribution in [0.4, 0.5) is 4.39 Å². The fourth-order valence-corrected chi connectivity index (χ4v) is 5.80. The topological polar surface area (TPSA) is 64.3 Å². The van der Waals surface area contributed by atoms with Crippen molar-refractivity contribution < 1.29 is 13.9 Å². The second-order valence-electron chi connectivity index (χ2n) is 11.5. The van der Waals surface area contributed by atoms with E-state index in [0.29, 0.717) is 32.6 Å². The molecule has 192 valence electrons. The van der Waals surface area contributed by atoms with Crippen molar-refractivity contribution >= 4 is 40.8 Å². The minimum Gasteiger partial charge on any atom is -0.459 e. The maximum absolute atomic E-state index is 15.6. The molecule has 3 rings (SSSR count). The third-order valence-electron chi connectivity index (χ3n) is 6.45. The van der Waals surface area contributed by atoms with Gasteiger partial charge in [0.25, 0.3) is 0 Å². The molecule has 1 saturated heterocycles. The highest BCUT2D eigenvalue weighted by Gasteiger charge is 2.60. The molecule has 1 fully saturated rings. The number of esters is 1. The fourth-order valence-electron chi connectivity index (χ4n) is 5.20. The Kier molecular flexibility index (Phi) is 8.20. The highest BCUT2D eigenvalue weighted by Crippen LogP contribution is 2.53. The predicted molar refractivity (Wildman–Crippen MR) is 142 cm³/mol. The number of hydrogen-bond donors (Lipinski definition) is 2. The van der Waals surface area contributed by atoms with Gasteiger partial charge in [-0.05, 0) is 68.0 Å². The van der Waals surface area contributed by atoms with Gasteiger partial charge in [-0.15, -0.1) is 0 Å². The summed E-state index contributed by atoms with van der Waals surface area (Å²) in [5.74, 6) is -1.59. The molecule has 1 aliphatic heterocycles. The summed E-state index contributed by atoms with van der Waals surface area (Å²) >= 11 is 19.5. The molecule has 1 aliphatic rings. The Bertz CT molecular complexity index is 1100. The number of carbonyl (C=O) groups excluding carboxylic acids is 1. The molecule has 4 atom stereocenters. The zero-order valence-corrected chi connectivity index (χ0v) is 23.3. The van der Waals surface area contributed by atoms with Gasteiger partial charge in [-0.3, -0.25) is 4.79 Å². The van der Waals surface area contributed by atoms with Gasteiger partial charge < -0.3 is 15.8 Å². The normalized spacial score (nSPS) is 25.1. The van der Waals surface area contributed by atoms with Crippen molar-refractivity contribution in [3.63, 3.8) is 0 Å². The van der Waals surface area contributed by atoms with Crippen LogP contribution in [0.1, 0.15) is 65.0 Å². The zero-order valence-electron chi connectivity index (χ0n) is 21.0. The first-order valence-electron chi connectivity index (χ1n) is 11.7. The lowest BCUT2D eigenvalue weighted by Gasteiger charge is -2.42. The van der Waals surface area contributed by atoms with E-state index in [2.05, 4.69) is 26.1 Å². The lowest BCUT2D eigenvalue weighted by atomic mass is 9.62. The average molecular weight is 544 g/mol. The Morgan fingerprint density at radius 3 is 2.34 bits per heavy atom. The Morgan fingerprint density at radius 1 is 1.11 bits per heavy atom. The SMILES string of the molecule is CC(C)(C)C[C@@H]1N[C@@H](C(=O)OC(C)(C)C)[C@H](c2cccc(Cl)c2Cl)[C@@]1(CN)c1cc(Cl)ccc1F. The van der Waals surface area contributed by atoms with Crippen molar-refractivity contribution in [1.82, 2.24) is 5.32 Å². The number of nitrogens with one attached hydrogen (secondary N) is 1. The Morgan fingerprint density at radius 2 is 1.77 bits per heavy atom. The summed E-state index contributed by atoms with van der Waals surface area (Å²) in [4.78, 5) is 13.6. The summed E-state index contributed by atoms with van der Waals surface area (Å²) in [5, 5.41) is 4.50. The Hall–Kier alpha value is -1.37. The minimum atomic E-state index is -1.07. The van der Waals surface area contributed by atoms with Crippen molar-refractivity contribution in [2.24, 2.45) is 11.1 Å². The summed E-state index contributed by atoms with van der Waals surface area (Å²) in [6, 6.07) is 8.45. The summed E-state index contributed by atoms with van der Waals surface area (Å²) in [6.07, 6.45) is 0.601. The van der Waals surface area contributed by atoms with E-state index in [1.807, 2.05) is 6.07 Å². The molecule has 2 aromatic rings. The molecule has 8 heteroatoms. The summed E-state index contributed by atoms with van der Waals surface area (Å²) in [5.41, 5.74) is 5.53. The molecule has 1 heterocycles. The number of hydrogen-bond acceptors (Lipinski definition) is 4. The predicted octanol–water partition coefficient (Wildman–Crippen LogP) is 6.88. The number of halogens is 4. The molecule has 0 aliphatic carbocycles. The van der Waals surface area contributed by atoms with E-state index < -0.39 is 40.8 Å². The lowest BCUT2D eigenvalue weighted by molar-refractivity contribution is -0.157. The number of benzene rings is 2. The first kappa shape index (κ1) is 28.2. The molecule has 35 heavy (non-hydrogen) atoms. The molecular formula is C27H34Cl3FN2O2. The van der Waals surface area contributed by atoms with E-state index in [1.165, 1.54) is 12.1 Å². The van der Waals surface area contributed by atoms with E-state index >= 15 is 4.39 Å². The van der Waals surface area contributed by atoms with Gasteiger partial charge in [0.05, 0.1) is 10.0 Å². The maximum atomic E-state index is 15.6. The van der Waals surface area contributed by atoms with Gasteiger partial charge in [0.2, 0.25) is 0 Å². The molecule has 0 amide bonds. The van der Waals surface area contributed by atoms with E-state index in [4.69, 9.17) is 45.3 Å². The van der Waals surface area contributed by atoms with Crippen LogP contribution < -0.4 is 11.1 Å². The van der Waals surface area contributed by atoms with Gasteiger partial charge >= 0.3 is 5.97 Å². The van der Waals surface area contributed by atoms with Gasteiger partial charge in [-0.25, -0.2) is 4.39 Å². The fraction of sp³-hybridized carbons (Fsp3) is 0.519. The first-order valence-corrected chi connectivity index (χ1v) is 12.8. The molecule has 4 nitrogen and oxygen atoms in total. The quantitative estimate of drug-likeness (QED) is 0.403. The molecule has 0 aromatic heterocycles. The number of rotatable bonds is 5. The van der Waals surface area contributed by atoms with Crippen LogP contribution in [-0.4, -0.2) is 30.2 Å². The molecular weight excluding hydrogens is 510 g/mol. The zero-order chi connectivity index (χ0) is 26.3. The Balaban J connectivity index is 2.37. The van der Waals surface area contributed by atoms with Crippen molar-refractivity contribution in [2.75, 3.05) is 6.54 Å². The molecule has 2 aromatic carbocycles. The smallest absolute Gasteiger partial charge is 0.324 e. The van der Waals surface area contributed by atoms with Crippen LogP contribution in [0, 0.1) is 11.2 Å². The second-order valence-corrected chi connectivity index (χ2v) is 12.7. The molecule has 0 saturated carbocycles. The Labute approximate surface area is 222 Å². The van der Waals surface area contributed by atoms with Crippen LogP contribution in [0.3, 0.4) is 0 Å². The molecule has 0 unspecified atom stereocenters. The number of ether oxygens (including phenoxy) is 1. The molecule has 0 spiro atoms. The van der Waals surface area contributed by atoms with Crippen LogP contribution in [0.2, 0.25) is 15.1 Å². The van der Waals surface area contributed by atoms with E-state index in [9.17, 15) is 4.79 Å². The summed E-state index contributed by atoms with van der Waals surface area (Å²) in [7, 11) is 0. The average Bonchev–Trinajstić information content (AvgIpc) is 3.03. The van der Waals surface area contributed by atoms with Crippen LogP contribution in [0.5, 0.6) is 0 Å². The summed E-state index contributed by atoms with van der Waals surface area (Å²) in [6.45, 7) is 11.7. The maximum Gasteiger partial charge on any atom is 0.324 e.